The number of hydrogen-bond acceptors (Lipinski definition) is 3. The van der Waals surface area contributed by atoms with Crippen LogP contribution in [0.4, 0.5) is 5.69 Å². The van der Waals surface area contributed by atoms with Gasteiger partial charge in [0.2, 0.25) is 15.9 Å². The van der Waals surface area contributed by atoms with Crippen molar-refractivity contribution in [2.24, 2.45) is 5.92 Å². The molecule has 1 aromatic carbocycles. The number of nitrogens with zero attached hydrogens (tertiary/aromatic N) is 1. The second kappa shape index (κ2) is 11.8. The highest BCUT2D eigenvalue weighted by atomic mass is 35.5. The molecule has 0 aliphatic rings. The number of anilines is 1. The Balaban J connectivity index is 2.60. The monoisotopic (exact) mass is 436 g/mol. The molecule has 1 aromatic rings. The molecule has 5 nitrogen and oxygen atoms in total. The first-order chi connectivity index (χ1) is 12.7. The molecule has 0 radical (unpaired) electrons. The van der Waals surface area contributed by atoms with Crippen LogP contribution in [0.25, 0.3) is 0 Å². The van der Waals surface area contributed by atoms with E-state index in [0.29, 0.717) is 29.6 Å². The van der Waals surface area contributed by atoms with Crippen LogP contribution in [0.3, 0.4) is 0 Å². The van der Waals surface area contributed by atoms with Gasteiger partial charge in [-0.1, -0.05) is 62.4 Å². The number of unbranched alkanes of at least 4 members (excludes halogenated alkanes) is 1. The van der Waals surface area contributed by atoms with Gasteiger partial charge in [-0.15, -0.1) is 0 Å². The van der Waals surface area contributed by atoms with Crippen molar-refractivity contribution in [2.75, 3.05) is 23.7 Å². The Kier molecular flexibility index (Phi) is 10.5. The van der Waals surface area contributed by atoms with Crippen molar-refractivity contribution in [1.29, 1.82) is 0 Å². The van der Waals surface area contributed by atoms with E-state index in [4.69, 9.17) is 23.2 Å². The maximum Gasteiger partial charge on any atom is 0.232 e. The molecule has 0 bridgehead atoms. The third-order valence-electron chi connectivity index (χ3n) is 4.50. The lowest BCUT2D eigenvalue weighted by Gasteiger charge is -2.23. The Hall–Kier alpha value is -0.980. The van der Waals surface area contributed by atoms with Gasteiger partial charge in [-0.2, -0.15) is 0 Å². The lowest BCUT2D eigenvalue weighted by atomic mass is 9.99. The minimum absolute atomic E-state index is 0.0596. The van der Waals surface area contributed by atoms with Gasteiger partial charge in [-0.05, 0) is 30.9 Å². The summed E-state index contributed by atoms with van der Waals surface area (Å²) in [6.07, 6.45) is 6.24. The number of rotatable bonds is 12. The van der Waals surface area contributed by atoms with E-state index in [1.165, 1.54) is 4.31 Å². The maximum absolute atomic E-state index is 12.1. The first-order valence-electron chi connectivity index (χ1n) is 9.39. The van der Waals surface area contributed by atoms with E-state index in [1.807, 2.05) is 0 Å². The van der Waals surface area contributed by atoms with Crippen molar-refractivity contribution in [1.82, 2.24) is 5.32 Å². The zero-order valence-corrected chi connectivity index (χ0v) is 18.6. The van der Waals surface area contributed by atoms with Gasteiger partial charge in [0.05, 0.1) is 22.0 Å². The normalized spacial score (nSPS) is 12.6. The van der Waals surface area contributed by atoms with Crippen LogP contribution in [0.15, 0.2) is 18.2 Å². The Morgan fingerprint density at radius 2 is 1.93 bits per heavy atom. The van der Waals surface area contributed by atoms with E-state index < -0.39 is 10.0 Å². The Morgan fingerprint density at radius 1 is 1.22 bits per heavy atom. The molecule has 27 heavy (non-hydrogen) atoms. The summed E-state index contributed by atoms with van der Waals surface area (Å²) in [6.45, 7) is 5.13. The van der Waals surface area contributed by atoms with Gasteiger partial charge in [0.25, 0.3) is 0 Å². The second-order valence-corrected chi connectivity index (χ2v) is 9.42. The van der Waals surface area contributed by atoms with Gasteiger partial charge in [-0.25, -0.2) is 8.42 Å². The zero-order valence-electron chi connectivity index (χ0n) is 16.3. The number of sulfonamides is 1. The summed E-state index contributed by atoms with van der Waals surface area (Å²) in [7, 11) is -3.54. The van der Waals surface area contributed by atoms with Crippen LogP contribution < -0.4 is 9.62 Å². The molecule has 0 heterocycles. The summed E-state index contributed by atoms with van der Waals surface area (Å²) < 4.78 is 25.5. The molecular formula is C19H30Cl2N2O3S. The Morgan fingerprint density at radius 3 is 2.52 bits per heavy atom. The van der Waals surface area contributed by atoms with Crippen LogP contribution in [0.1, 0.15) is 52.4 Å². The summed E-state index contributed by atoms with van der Waals surface area (Å²) >= 11 is 12.2. The summed E-state index contributed by atoms with van der Waals surface area (Å²) in [4.78, 5) is 12.1. The summed E-state index contributed by atoms with van der Waals surface area (Å²) in [5.74, 6) is 0.433. The smallest absolute Gasteiger partial charge is 0.232 e. The number of carbonyl (C=O) groups is 1. The van der Waals surface area contributed by atoms with Crippen molar-refractivity contribution >= 4 is 44.8 Å². The molecule has 0 saturated carbocycles. The highest BCUT2D eigenvalue weighted by Crippen LogP contribution is 2.33. The zero-order chi connectivity index (χ0) is 20.4. The first-order valence-corrected chi connectivity index (χ1v) is 12.0. The van der Waals surface area contributed by atoms with Crippen molar-refractivity contribution < 1.29 is 13.2 Å². The third-order valence-corrected chi connectivity index (χ3v) is 6.49. The van der Waals surface area contributed by atoms with Gasteiger partial charge >= 0.3 is 0 Å². The van der Waals surface area contributed by atoms with E-state index in [2.05, 4.69) is 19.2 Å². The molecule has 8 heteroatoms. The van der Waals surface area contributed by atoms with Crippen molar-refractivity contribution in [2.45, 2.75) is 52.4 Å². The van der Waals surface area contributed by atoms with Crippen LogP contribution in [0.2, 0.25) is 10.0 Å². The standard InChI is InChI=1S/C19H30Cl2N2O3S/c1-4-6-9-15(5-2)14-22-18(24)12-8-13-23(27(3,25)26)17-11-7-10-16(20)19(17)21/h7,10-11,15H,4-6,8-9,12-14H2,1-3H3,(H,22,24)/t15-/m1/s1. The van der Waals surface area contributed by atoms with Gasteiger partial charge in [0.1, 0.15) is 0 Å². The van der Waals surface area contributed by atoms with E-state index in [1.54, 1.807) is 18.2 Å². The van der Waals surface area contributed by atoms with Gasteiger partial charge in [0.15, 0.2) is 0 Å². The fourth-order valence-electron chi connectivity index (χ4n) is 2.82. The largest absolute Gasteiger partial charge is 0.356 e. The van der Waals surface area contributed by atoms with Gasteiger partial charge in [-0.3, -0.25) is 9.10 Å². The molecule has 0 unspecified atom stereocenters. The van der Waals surface area contributed by atoms with E-state index >= 15 is 0 Å². The molecule has 1 atom stereocenters. The maximum atomic E-state index is 12.1. The van der Waals surface area contributed by atoms with Crippen LogP contribution in [-0.2, 0) is 14.8 Å². The van der Waals surface area contributed by atoms with Crippen LogP contribution in [0.5, 0.6) is 0 Å². The van der Waals surface area contributed by atoms with Crippen LogP contribution in [-0.4, -0.2) is 33.7 Å². The third kappa shape index (κ3) is 8.28. The number of hydrogen-bond donors (Lipinski definition) is 1. The minimum Gasteiger partial charge on any atom is -0.356 e. The molecule has 0 fully saturated rings. The number of halogens is 2. The Bertz CT molecular complexity index is 711. The molecular weight excluding hydrogens is 407 g/mol. The molecule has 1 N–H and O–H groups in total. The van der Waals surface area contributed by atoms with Crippen molar-refractivity contribution in [3.8, 4) is 0 Å². The molecule has 154 valence electrons. The lowest BCUT2D eigenvalue weighted by molar-refractivity contribution is -0.121. The molecule has 0 aliphatic heterocycles. The van der Waals surface area contributed by atoms with Crippen molar-refractivity contribution in [3.05, 3.63) is 28.2 Å². The summed E-state index contributed by atoms with van der Waals surface area (Å²) in [6, 6.07) is 4.86. The Labute approximate surface area is 173 Å². The van der Waals surface area contributed by atoms with Crippen LogP contribution in [0, 0.1) is 5.92 Å². The molecule has 1 rings (SSSR count). The topological polar surface area (TPSA) is 66.5 Å². The molecule has 1 amide bonds. The number of amides is 1. The minimum atomic E-state index is -3.54. The lowest BCUT2D eigenvalue weighted by Crippen LogP contribution is -2.33. The molecule has 0 spiro atoms. The van der Waals surface area contributed by atoms with E-state index in [-0.39, 0.29) is 23.9 Å². The second-order valence-electron chi connectivity index (χ2n) is 6.73. The van der Waals surface area contributed by atoms with E-state index in [0.717, 1.165) is 31.9 Å². The van der Waals surface area contributed by atoms with Crippen molar-refractivity contribution in [3.63, 3.8) is 0 Å². The van der Waals surface area contributed by atoms with E-state index in [9.17, 15) is 13.2 Å². The fraction of sp³-hybridized carbons (Fsp3) is 0.632. The first kappa shape index (κ1) is 24.1. The predicted octanol–water partition coefficient (Wildman–Crippen LogP) is 4.87. The average Bonchev–Trinajstić information content (AvgIpc) is 2.61. The SMILES string of the molecule is CCCC[C@@H](CC)CNC(=O)CCCN(c1cccc(Cl)c1Cl)S(C)(=O)=O. The number of nitrogens with one attached hydrogen (secondary N) is 1. The fourth-order valence-corrected chi connectivity index (χ4v) is 4.24. The molecule has 0 saturated heterocycles. The number of benzene rings is 1. The highest BCUT2D eigenvalue weighted by molar-refractivity contribution is 7.92. The quantitative estimate of drug-likeness (QED) is 0.507. The summed E-state index contributed by atoms with van der Waals surface area (Å²) in [5.41, 5.74) is 0.331. The average molecular weight is 437 g/mol. The number of carbonyl (C=O) groups excluding carboxylic acids is 1. The molecule has 0 aromatic heterocycles. The highest BCUT2D eigenvalue weighted by Gasteiger charge is 2.21. The van der Waals surface area contributed by atoms with Crippen LogP contribution >= 0.6 is 23.2 Å². The molecule has 0 aliphatic carbocycles. The predicted molar refractivity (Wildman–Crippen MR) is 114 cm³/mol. The van der Waals surface area contributed by atoms with Gasteiger partial charge < -0.3 is 5.32 Å². The summed E-state index contributed by atoms with van der Waals surface area (Å²) in [5, 5.41) is 3.44. The van der Waals surface area contributed by atoms with Gasteiger partial charge in [0, 0.05) is 19.5 Å².